The lowest BCUT2D eigenvalue weighted by Gasteiger charge is -2.09. The largest absolute Gasteiger partial charge is 0.431 e. The Morgan fingerprint density at radius 3 is 2.65 bits per heavy atom. The Hall–Kier alpha value is -1.37. The molecule has 0 saturated carbocycles. The average molecular weight is 378 g/mol. The molecule has 0 fully saturated rings. The van der Waals surface area contributed by atoms with E-state index in [0.717, 1.165) is 11.6 Å². The summed E-state index contributed by atoms with van der Waals surface area (Å²) in [5.41, 5.74) is 0.604. The topological polar surface area (TPSA) is 65.3 Å². The monoisotopic (exact) mass is 376 g/mol. The fourth-order valence-electron chi connectivity index (χ4n) is 1.43. The first kappa shape index (κ1) is 15.0. The fraction of sp³-hybridized carbons (Fsp3) is 0.0833. The van der Waals surface area contributed by atoms with Crippen LogP contribution in [-0.4, -0.2) is 9.91 Å². The van der Waals surface area contributed by atoms with E-state index in [9.17, 15) is 10.1 Å². The highest BCUT2D eigenvalue weighted by molar-refractivity contribution is 9.10. The van der Waals surface area contributed by atoms with E-state index in [4.69, 9.17) is 27.9 Å². The number of nitro groups is 1. The van der Waals surface area contributed by atoms with Crippen molar-refractivity contribution in [2.75, 3.05) is 0 Å². The number of ether oxygens (including phenoxy) is 1. The summed E-state index contributed by atoms with van der Waals surface area (Å²) in [5, 5.41) is 11.3. The van der Waals surface area contributed by atoms with Crippen molar-refractivity contribution in [1.82, 2.24) is 4.98 Å². The van der Waals surface area contributed by atoms with Gasteiger partial charge in [-0.15, -0.1) is 0 Å². The van der Waals surface area contributed by atoms with Gasteiger partial charge in [0.1, 0.15) is 0 Å². The summed E-state index contributed by atoms with van der Waals surface area (Å²) in [5.74, 6) is 0.190. The number of benzene rings is 1. The standard InChI is InChI=1S/C12H7BrCl2N2O3/c1-6-2-3-16-12(11(6)13)20-10-5-8(15)7(14)4-9(10)17(18)19/h2-5H,1H3. The normalized spacial score (nSPS) is 10.4. The molecular formula is C12H7BrCl2N2O3. The highest BCUT2D eigenvalue weighted by atomic mass is 79.9. The molecule has 0 aliphatic rings. The van der Waals surface area contributed by atoms with E-state index in [0.29, 0.717) is 4.47 Å². The maximum Gasteiger partial charge on any atom is 0.313 e. The van der Waals surface area contributed by atoms with Crippen molar-refractivity contribution in [1.29, 1.82) is 0 Å². The molecule has 0 atom stereocenters. The van der Waals surface area contributed by atoms with Gasteiger partial charge < -0.3 is 4.74 Å². The Kier molecular flexibility index (Phi) is 4.47. The van der Waals surface area contributed by atoms with Gasteiger partial charge in [0.15, 0.2) is 0 Å². The molecule has 104 valence electrons. The van der Waals surface area contributed by atoms with Gasteiger partial charge >= 0.3 is 5.69 Å². The van der Waals surface area contributed by atoms with Crippen LogP contribution in [0.5, 0.6) is 11.6 Å². The van der Waals surface area contributed by atoms with Gasteiger partial charge in [-0.3, -0.25) is 10.1 Å². The number of aromatic nitrogens is 1. The van der Waals surface area contributed by atoms with Crippen molar-refractivity contribution >= 4 is 44.8 Å². The Labute approximate surface area is 132 Å². The van der Waals surface area contributed by atoms with Crippen molar-refractivity contribution in [2.24, 2.45) is 0 Å². The van der Waals surface area contributed by atoms with Crippen LogP contribution in [0.4, 0.5) is 5.69 Å². The molecule has 0 unspecified atom stereocenters. The second kappa shape index (κ2) is 5.95. The maximum absolute atomic E-state index is 11.0. The van der Waals surface area contributed by atoms with Crippen LogP contribution in [-0.2, 0) is 0 Å². The third kappa shape index (κ3) is 3.03. The summed E-state index contributed by atoms with van der Waals surface area (Å²) in [4.78, 5) is 14.4. The summed E-state index contributed by atoms with van der Waals surface area (Å²) in [6, 6.07) is 4.21. The zero-order valence-corrected chi connectivity index (χ0v) is 13.2. The molecule has 0 saturated heterocycles. The van der Waals surface area contributed by atoms with Gasteiger partial charge in [0.25, 0.3) is 0 Å². The second-order valence-electron chi connectivity index (χ2n) is 3.84. The van der Waals surface area contributed by atoms with Crippen molar-refractivity contribution < 1.29 is 9.66 Å². The molecule has 20 heavy (non-hydrogen) atoms. The number of pyridine rings is 1. The number of nitrogens with zero attached hydrogens (tertiary/aromatic N) is 2. The fourth-order valence-corrected chi connectivity index (χ4v) is 2.06. The van der Waals surface area contributed by atoms with Gasteiger partial charge in [-0.2, -0.15) is 0 Å². The molecule has 0 N–H and O–H groups in total. The molecular weight excluding hydrogens is 371 g/mol. The molecule has 2 rings (SSSR count). The predicted octanol–water partition coefficient (Wildman–Crippen LogP) is 5.16. The van der Waals surface area contributed by atoms with Crippen molar-refractivity contribution in [3.8, 4) is 11.6 Å². The molecule has 0 radical (unpaired) electrons. The van der Waals surface area contributed by atoms with Crippen molar-refractivity contribution in [2.45, 2.75) is 6.92 Å². The SMILES string of the molecule is Cc1ccnc(Oc2cc(Cl)c(Cl)cc2[N+](=O)[O-])c1Br. The van der Waals surface area contributed by atoms with Crippen LogP contribution in [0, 0.1) is 17.0 Å². The highest BCUT2D eigenvalue weighted by Gasteiger charge is 2.20. The van der Waals surface area contributed by atoms with E-state index < -0.39 is 4.92 Å². The second-order valence-corrected chi connectivity index (χ2v) is 5.45. The molecule has 1 heterocycles. The van der Waals surface area contributed by atoms with Crippen molar-refractivity contribution in [3.63, 3.8) is 0 Å². The average Bonchev–Trinajstić information content (AvgIpc) is 2.38. The van der Waals surface area contributed by atoms with Crippen LogP contribution in [0.2, 0.25) is 10.0 Å². The number of halogens is 3. The number of rotatable bonds is 3. The molecule has 0 aliphatic carbocycles. The highest BCUT2D eigenvalue weighted by Crippen LogP contribution is 2.39. The number of hydrogen-bond donors (Lipinski definition) is 0. The van der Waals surface area contributed by atoms with Crippen LogP contribution in [0.15, 0.2) is 28.9 Å². The Morgan fingerprint density at radius 2 is 2.00 bits per heavy atom. The predicted molar refractivity (Wildman–Crippen MR) is 79.9 cm³/mol. The van der Waals surface area contributed by atoms with Gasteiger partial charge in [-0.05, 0) is 34.5 Å². The van der Waals surface area contributed by atoms with E-state index in [2.05, 4.69) is 20.9 Å². The minimum absolute atomic E-state index is 0.0248. The Bertz CT molecular complexity index is 695. The van der Waals surface area contributed by atoms with Gasteiger partial charge in [-0.1, -0.05) is 23.2 Å². The van der Waals surface area contributed by atoms with Gasteiger partial charge in [0, 0.05) is 18.3 Å². The number of nitro benzene ring substituents is 1. The van der Waals surface area contributed by atoms with Gasteiger partial charge in [0.2, 0.25) is 11.6 Å². The van der Waals surface area contributed by atoms with Crippen LogP contribution in [0.25, 0.3) is 0 Å². The van der Waals surface area contributed by atoms with Gasteiger partial charge in [-0.25, -0.2) is 4.98 Å². The van der Waals surface area contributed by atoms with E-state index in [1.807, 2.05) is 6.92 Å². The molecule has 1 aromatic carbocycles. The first-order chi connectivity index (χ1) is 9.40. The zero-order valence-electron chi connectivity index (χ0n) is 10.1. The maximum atomic E-state index is 11.0. The molecule has 8 heteroatoms. The summed E-state index contributed by atoms with van der Waals surface area (Å²) >= 11 is 14.9. The lowest BCUT2D eigenvalue weighted by Crippen LogP contribution is -1.96. The van der Waals surface area contributed by atoms with E-state index in [1.54, 1.807) is 12.3 Å². The van der Waals surface area contributed by atoms with Crippen molar-refractivity contribution in [3.05, 3.63) is 54.6 Å². The minimum Gasteiger partial charge on any atom is -0.431 e. The summed E-state index contributed by atoms with van der Waals surface area (Å²) < 4.78 is 6.09. The molecule has 1 aromatic heterocycles. The number of aryl methyl sites for hydroxylation is 1. The van der Waals surface area contributed by atoms with Crippen LogP contribution in [0.3, 0.4) is 0 Å². The van der Waals surface area contributed by atoms with Gasteiger partial charge in [0.05, 0.1) is 19.4 Å². The van der Waals surface area contributed by atoms with Crippen LogP contribution < -0.4 is 4.74 Å². The zero-order chi connectivity index (χ0) is 14.9. The summed E-state index contributed by atoms with van der Waals surface area (Å²) in [6.07, 6.45) is 1.54. The third-order valence-corrected chi connectivity index (χ3v) is 4.14. The molecule has 2 aromatic rings. The quantitative estimate of drug-likeness (QED) is 0.547. The Morgan fingerprint density at radius 1 is 1.35 bits per heavy atom. The smallest absolute Gasteiger partial charge is 0.313 e. The molecule has 0 bridgehead atoms. The number of hydrogen-bond acceptors (Lipinski definition) is 4. The lowest BCUT2D eigenvalue weighted by molar-refractivity contribution is -0.385. The molecule has 0 amide bonds. The first-order valence-corrected chi connectivity index (χ1v) is 6.87. The summed E-state index contributed by atoms with van der Waals surface area (Å²) in [7, 11) is 0. The minimum atomic E-state index is -0.596. The Balaban J connectivity index is 2.50. The van der Waals surface area contributed by atoms with Crippen LogP contribution in [0.1, 0.15) is 5.56 Å². The van der Waals surface area contributed by atoms with E-state index >= 15 is 0 Å². The first-order valence-electron chi connectivity index (χ1n) is 5.32. The molecule has 5 nitrogen and oxygen atoms in total. The molecule has 0 aliphatic heterocycles. The van der Waals surface area contributed by atoms with E-state index in [-0.39, 0.29) is 27.4 Å². The summed E-state index contributed by atoms with van der Waals surface area (Å²) in [6.45, 7) is 1.85. The lowest BCUT2D eigenvalue weighted by atomic mass is 10.3. The van der Waals surface area contributed by atoms with Crippen LogP contribution >= 0.6 is 39.1 Å². The van der Waals surface area contributed by atoms with E-state index in [1.165, 1.54) is 6.07 Å². The molecule has 0 spiro atoms. The third-order valence-electron chi connectivity index (χ3n) is 2.46.